The van der Waals surface area contributed by atoms with Crippen molar-refractivity contribution in [3.63, 3.8) is 0 Å². The van der Waals surface area contributed by atoms with Crippen molar-refractivity contribution in [3.8, 4) is 0 Å². The number of carbonyl (C=O) groups is 3. The fourth-order valence-corrected chi connectivity index (χ4v) is 8.42. The second-order valence-corrected chi connectivity index (χ2v) is 12.1. The fourth-order valence-electron chi connectivity index (χ4n) is 8.42. The van der Waals surface area contributed by atoms with Crippen LogP contribution >= 0.6 is 0 Å². The van der Waals surface area contributed by atoms with Crippen molar-refractivity contribution >= 4 is 17.5 Å². The van der Waals surface area contributed by atoms with Gasteiger partial charge in [-0.3, -0.25) is 14.4 Å². The van der Waals surface area contributed by atoms with E-state index in [0.29, 0.717) is 19.4 Å². The van der Waals surface area contributed by atoms with Crippen molar-refractivity contribution in [3.05, 3.63) is 23.8 Å². The molecule has 0 aromatic heterocycles. The number of allylic oxidation sites excluding steroid dienone is 4. The Morgan fingerprint density at radius 2 is 1.94 bits per heavy atom. The van der Waals surface area contributed by atoms with Gasteiger partial charge in [0.15, 0.2) is 11.4 Å². The first-order chi connectivity index (χ1) is 17.0. The highest BCUT2D eigenvalue weighted by atomic mass is 16.6. The Bertz CT molecular complexity index is 951. The molecule has 0 aromatic rings. The van der Waals surface area contributed by atoms with E-state index in [9.17, 15) is 19.5 Å². The number of ketones is 2. The minimum atomic E-state index is -1.28. The zero-order valence-corrected chi connectivity index (χ0v) is 22.7. The van der Waals surface area contributed by atoms with E-state index in [-0.39, 0.29) is 54.2 Å². The van der Waals surface area contributed by atoms with E-state index in [1.807, 2.05) is 6.08 Å². The van der Waals surface area contributed by atoms with Gasteiger partial charge in [0, 0.05) is 29.8 Å². The molecule has 0 aromatic carbocycles. The Morgan fingerprint density at radius 3 is 2.64 bits per heavy atom. The zero-order valence-electron chi connectivity index (χ0n) is 22.7. The maximum Gasteiger partial charge on any atom is 0.306 e. The number of unbranched alkanes of at least 4 members (excludes halogenated alkanes) is 2. The van der Waals surface area contributed by atoms with Gasteiger partial charge in [0.05, 0.1) is 6.10 Å². The highest BCUT2D eigenvalue weighted by Gasteiger charge is 2.70. The summed E-state index contributed by atoms with van der Waals surface area (Å²) in [6, 6.07) is 0. The normalized spacial score (nSPS) is 41.2. The summed E-state index contributed by atoms with van der Waals surface area (Å²) in [7, 11) is 0. The number of esters is 1. The molecule has 0 amide bonds. The third-order valence-electron chi connectivity index (χ3n) is 10.1. The van der Waals surface area contributed by atoms with Crippen LogP contribution < -0.4 is 0 Å². The van der Waals surface area contributed by atoms with Crippen LogP contribution in [-0.2, 0) is 23.9 Å². The molecule has 0 spiro atoms. The number of aliphatic hydroxyl groups excluding tert-OH is 1. The zero-order chi connectivity index (χ0) is 26.3. The molecular weight excluding hydrogens is 456 g/mol. The quantitative estimate of drug-likeness (QED) is 0.355. The highest BCUT2D eigenvalue weighted by molar-refractivity contribution is 6.01. The van der Waals surface area contributed by atoms with Crippen molar-refractivity contribution in [1.82, 2.24) is 0 Å². The summed E-state index contributed by atoms with van der Waals surface area (Å²) in [5.74, 6) is -0.0866. The molecule has 3 saturated carbocycles. The first-order valence-corrected chi connectivity index (χ1v) is 14.0. The van der Waals surface area contributed by atoms with E-state index in [4.69, 9.17) is 9.47 Å². The predicted octanol–water partition coefficient (Wildman–Crippen LogP) is 4.98. The van der Waals surface area contributed by atoms with Gasteiger partial charge in [0.25, 0.3) is 0 Å². The van der Waals surface area contributed by atoms with E-state index in [2.05, 4.69) is 27.7 Å². The third-order valence-corrected chi connectivity index (χ3v) is 10.1. The van der Waals surface area contributed by atoms with Crippen molar-refractivity contribution in [1.29, 1.82) is 0 Å². The molecule has 4 aliphatic carbocycles. The molecule has 0 radical (unpaired) electrons. The van der Waals surface area contributed by atoms with Gasteiger partial charge in [-0.1, -0.05) is 59.1 Å². The van der Waals surface area contributed by atoms with Crippen molar-refractivity contribution in [2.24, 2.45) is 34.5 Å². The van der Waals surface area contributed by atoms with Crippen LogP contribution in [0.1, 0.15) is 86.0 Å². The van der Waals surface area contributed by atoms with E-state index < -0.39 is 22.5 Å². The summed E-state index contributed by atoms with van der Waals surface area (Å²) >= 11 is 0. The van der Waals surface area contributed by atoms with E-state index in [1.54, 1.807) is 19.1 Å². The largest absolute Gasteiger partial charge is 0.450 e. The molecule has 2 unspecified atom stereocenters. The number of hydrogen-bond donors (Lipinski definition) is 1. The van der Waals surface area contributed by atoms with Gasteiger partial charge in [-0.2, -0.15) is 0 Å². The molecule has 36 heavy (non-hydrogen) atoms. The summed E-state index contributed by atoms with van der Waals surface area (Å²) in [4.78, 5) is 38.7. The van der Waals surface area contributed by atoms with Gasteiger partial charge >= 0.3 is 5.97 Å². The molecule has 0 heterocycles. The monoisotopic (exact) mass is 500 g/mol. The second-order valence-electron chi connectivity index (χ2n) is 12.1. The number of carbonyl (C=O) groups excluding carboxylic acids is 3. The summed E-state index contributed by atoms with van der Waals surface area (Å²) in [5, 5.41) is 11.7. The van der Waals surface area contributed by atoms with Gasteiger partial charge in [-0.25, -0.2) is 0 Å². The molecule has 3 fully saturated rings. The average Bonchev–Trinajstić information content (AvgIpc) is 3.12. The topological polar surface area (TPSA) is 89.9 Å². The Kier molecular flexibility index (Phi) is 7.70. The lowest BCUT2D eigenvalue weighted by Crippen LogP contribution is -2.63. The van der Waals surface area contributed by atoms with Gasteiger partial charge in [0.2, 0.25) is 5.78 Å². The van der Waals surface area contributed by atoms with E-state index in [0.717, 1.165) is 37.7 Å². The minimum absolute atomic E-state index is 0.0128. The number of rotatable bonds is 9. The third kappa shape index (κ3) is 4.22. The van der Waals surface area contributed by atoms with E-state index in [1.165, 1.54) is 0 Å². The first-order valence-electron chi connectivity index (χ1n) is 14.0. The first kappa shape index (κ1) is 27.3. The summed E-state index contributed by atoms with van der Waals surface area (Å²) < 4.78 is 11.9. The molecular formula is C30H44O6. The van der Waals surface area contributed by atoms with Crippen molar-refractivity contribution in [2.75, 3.05) is 13.2 Å². The maximum atomic E-state index is 13.8. The molecule has 4 aliphatic rings. The summed E-state index contributed by atoms with van der Waals surface area (Å²) in [5.41, 5.74) is -1.24. The van der Waals surface area contributed by atoms with Crippen LogP contribution in [0, 0.1) is 34.5 Å². The Labute approximate surface area is 215 Å². The molecule has 8 atom stereocenters. The van der Waals surface area contributed by atoms with Crippen LogP contribution in [0.15, 0.2) is 23.8 Å². The van der Waals surface area contributed by atoms with Crippen LogP contribution in [0.3, 0.4) is 0 Å². The number of aliphatic hydroxyl groups is 1. The maximum absolute atomic E-state index is 13.8. The van der Waals surface area contributed by atoms with Gasteiger partial charge in [-0.05, 0) is 62.0 Å². The molecule has 0 aliphatic heterocycles. The molecule has 1 N–H and O–H groups in total. The molecule has 0 bridgehead atoms. The highest BCUT2D eigenvalue weighted by Crippen LogP contribution is 2.68. The number of hydrogen-bond acceptors (Lipinski definition) is 6. The van der Waals surface area contributed by atoms with Crippen LogP contribution in [0.25, 0.3) is 0 Å². The minimum Gasteiger partial charge on any atom is -0.450 e. The van der Waals surface area contributed by atoms with Crippen LogP contribution in [0.2, 0.25) is 0 Å². The lowest BCUT2D eigenvalue weighted by Gasteiger charge is -2.61. The standard InChI is InChI=1S/C30H44O6/c1-6-8-9-14-35-18-25(33)30(36-26(34)7-2)13-11-22-21-15-19(3)23-16-20(31)10-12-28(23,4)27(21)24(32)17-29(22,30)5/h10,12,16,19,21-22,24,27,32H,6-9,11,13-15,17-18H2,1-5H3/t19?,21-,22-,24?,27+,28-,29-,30-/m0/s1. The Morgan fingerprint density at radius 1 is 1.19 bits per heavy atom. The fraction of sp³-hybridized carbons (Fsp3) is 0.767. The van der Waals surface area contributed by atoms with E-state index >= 15 is 0 Å². The molecule has 0 saturated heterocycles. The second kappa shape index (κ2) is 10.2. The van der Waals surface area contributed by atoms with Crippen LogP contribution in [-0.4, -0.2) is 47.6 Å². The number of fused-ring (bicyclic) bond motifs is 5. The average molecular weight is 501 g/mol. The smallest absolute Gasteiger partial charge is 0.306 e. The predicted molar refractivity (Wildman–Crippen MR) is 137 cm³/mol. The molecule has 6 nitrogen and oxygen atoms in total. The van der Waals surface area contributed by atoms with Crippen molar-refractivity contribution < 1.29 is 29.0 Å². The van der Waals surface area contributed by atoms with Gasteiger partial charge in [0.1, 0.15) is 6.61 Å². The van der Waals surface area contributed by atoms with Crippen molar-refractivity contribution in [2.45, 2.75) is 97.7 Å². The van der Waals surface area contributed by atoms with Crippen LogP contribution in [0.5, 0.6) is 0 Å². The molecule has 200 valence electrons. The number of Topliss-reactive ketones (excluding diaryl/α,β-unsaturated/α-hetero) is 1. The summed E-state index contributed by atoms with van der Waals surface area (Å²) in [6.45, 7) is 10.7. The molecule has 6 heteroatoms. The lowest BCUT2D eigenvalue weighted by atomic mass is 9.44. The Hall–Kier alpha value is -1.79. The van der Waals surface area contributed by atoms with Gasteiger partial charge < -0.3 is 14.6 Å². The number of ether oxygens (including phenoxy) is 2. The SMILES string of the molecule is CCCCCOCC(=O)[C@@]1(OC(=O)CC)CC[C@H]2[C@@H]3CC(C)C4=CC(=O)C=C[C@]4(C)[C@H]3C(O)C[C@@]21C. The van der Waals surface area contributed by atoms with Crippen LogP contribution in [0.4, 0.5) is 0 Å². The molecule has 4 rings (SSSR count). The summed E-state index contributed by atoms with van der Waals surface area (Å²) in [6.07, 6.45) is 10.4. The Balaban J connectivity index is 1.67. The lowest BCUT2D eigenvalue weighted by molar-refractivity contribution is -0.201. The van der Waals surface area contributed by atoms with Gasteiger partial charge in [-0.15, -0.1) is 0 Å².